The average Bonchev–Trinajstić information content (AvgIpc) is 3.60. The molecule has 2 aromatic rings. The summed E-state index contributed by atoms with van der Waals surface area (Å²) in [6, 6.07) is 9.61. The smallest absolute Gasteiger partial charge is 0.414 e. The van der Waals surface area contributed by atoms with Gasteiger partial charge in [0.25, 0.3) is 9.84 Å². The summed E-state index contributed by atoms with van der Waals surface area (Å²) in [4.78, 5) is 55.4. The maximum atomic E-state index is 14.8. The number of rotatable bonds is 13. The molecule has 0 aliphatic heterocycles. The van der Waals surface area contributed by atoms with Gasteiger partial charge in [0.1, 0.15) is 12.6 Å². The van der Waals surface area contributed by atoms with E-state index >= 15 is 0 Å². The number of fused-ring (bicyclic) bond motifs is 7. The summed E-state index contributed by atoms with van der Waals surface area (Å²) < 4.78 is 41.4. The molecule has 334 valence electrons. The summed E-state index contributed by atoms with van der Waals surface area (Å²) in [5.74, 6) is -1.99. The molecule has 0 unspecified atom stereocenters. The first-order chi connectivity index (χ1) is 29.1. The Morgan fingerprint density at radius 3 is 2.34 bits per heavy atom. The Morgan fingerprint density at radius 1 is 0.968 bits per heavy atom. The molecule has 0 bridgehead atoms. The lowest BCUT2D eigenvalue weighted by Gasteiger charge is -2.69. The van der Waals surface area contributed by atoms with Gasteiger partial charge in [0.15, 0.2) is 11.6 Å². The second-order valence-electron chi connectivity index (χ2n) is 20.4. The summed E-state index contributed by atoms with van der Waals surface area (Å²) in [6.07, 6.45) is 11.0. The van der Waals surface area contributed by atoms with Gasteiger partial charge in [0.05, 0.1) is 34.3 Å². The number of nitriles is 1. The molecule has 0 radical (unpaired) electrons. The molecule has 62 heavy (non-hydrogen) atoms. The van der Waals surface area contributed by atoms with Gasteiger partial charge in [-0.15, -0.1) is 0 Å². The maximum Gasteiger partial charge on any atom is 0.414 e. The minimum absolute atomic E-state index is 0.0171. The van der Waals surface area contributed by atoms with Gasteiger partial charge >= 0.3 is 16.9 Å². The highest BCUT2D eigenvalue weighted by Crippen LogP contribution is 2.74. The fraction of sp³-hybridized carbons (Fsp3) is 0.638. The van der Waals surface area contributed by atoms with Crippen LogP contribution in [0.25, 0.3) is 0 Å². The molecule has 1 aromatic carbocycles. The number of ether oxygens (including phenoxy) is 2. The Hall–Kier alpha value is -4.84. The lowest BCUT2D eigenvalue weighted by molar-refractivity contribution is -0.832. The highest BCUT2D eigenvalue weighted by molar-refractivity contribution is 7.91. The third kappa shape index (κ3) is 7.27. The van der Waals surface area contributed by atoms with Crippen molar-refractivity contribution in [2.24, 2.45) is 50.2 Å². The molecule has 5 aliphatic carbocycles. The quantitative estimate of drug-likeness (QED) is 0.123. The summed E-state index contributed by atoms with van der Waals surface area (Å²) in [5.41, 5.74) is -2.01. The number of sulfone groups is 1. The first-order valence-corrected chi connectivity index (χ1v) is 23.5. The van der Waals surface area contributed by atoms with Gasteiger partial charge in [-0.2, -0.15) is 5.26 Å². The molecule has 7 rings (SSSR count). The standard InChI is InChI=1S/C47H60N4O10S/c1-42(2)19-21-47(41(55)49-29-36(53)59-23-13-8-9-14-24-60-39-40(51(56)61-50-39)62(57,58)31-15-11-10-12-16-31)22-20-46(7)37(32(47)27-42)33(52)25-35-44(5)26-30(28-48)38(54)43(3,4)34(44)17-18-45(35,46)6/h10-12,15-16,25-26,32,34,37H,8-9,13-14,17-24,27,29H2,1-7H3,(H,49,55)/t32-,34-,37-,44-,45+,46+,47-/m0/s1. The SMILES string of the molecule is CC1(C)CC[C@]2(C(=O)NCC(=O)OCCCCCCOc3no[n+]([O-])c3S(=O)(=O)c3ccccc3)CC[C@]3(C)[C@H](C(=O)C=C4[C@@]5(C)C=C(C#N)C(=O)C(C)(C)[C@@H]5CC[C@]43C)[C@@H]2C1. The first kappa shape index (κ1) is 45.2. The van der Waals surface area contributed by atoms with Crippen molar-refractivity contribution in [3.05, 3.63) is 58.8 Å². The summed E-state index contributed by atoms with van der Waals surface area (Å²) in [5, 5.41) is 27.8. The summed E-state index contributed by atoms with van der Waals surface area (Å²) in [6.45, 7) is 14.8. The Balaban J connectivity index is 0.952. The number of aromatic nitrogens is 2. The topological polar surface area (TPSA) is 210 Å². The second-order valence-corrected chi connectivity index (χ2v) is 22.3. The molecule has 1 amide bonds. The summed E-state index contributed by atoms with van der Waals surface area (Å²) in [7, 11) is -4.21. The van der Waals surface area contributed by atoms with E-state index in [4.69, 9.17) is 9.47 Å². The molecule has 3 saturated carbocycles. The van der Waals surface area contributed by atoms with Crippen molar-refractivity contribution in [1.29, 1.82) is 5.26 Å². The van der Waals surface area contributed by atoms with Gasteiger partial charge in [-0.25, -0.2) is 8.42 Å². The van der Waals surface area contributed by atoms with Crippen LogP contribution in [-0.2, 0) is 33.8 Å². The van der Waals surface area contributed by atoms with Crippen molar-refractivity contribution in [1.82, 2.24) is 10.5 Å². The van der Waals surface area contributed by atoms with Crippen molar-refractivity contribution < 1.29 is 46.6 Å². The Morgan fingerprint density at radius 2 is 1.65 bits per heavy atom. The molecule has 3 fully saturated rings. The predicted octanol–water partition coefficient (Wildman–Crippen LogP) is 6.96. The lowest BCUT2D eigenvalue weighted by atomic mass is 9.34. The largest absolute Gasteiger partial charge is 0.464 e. The molecule has 1 heterocycles. The highest BCUT2D eigenvalue weighted by Gasteiger charge is 2.71. The predicted molar refractivity (Wildman–Crippen MR) is 224 cm³/mol. The number of carbonyl (C=O) groups is 4. The number of carbonyl (C=O) groups excluding carboxylic acids is 4. The van der Waals surface area contributed by atoms with Gasteiger partial charge in [0.2, 0.25) is 5.91 Å². The zero-order valence-electron chi connectivity index (χ0n) is 37.0. The zero-order chi connectivity index (χ0) is 45.1. The molecule has 1 aromatic heterocycles. The molecule has 7 atom stereocenters. The Labute approximate surface area is 364 Å². The van der Waals surface area contributed by atoms with Crippen LogP contribution in [0.2, 0.25) is 0 Å². The van der Waals surface area contributed by atoms with Crippen LogP contribution >= 0.6 is 0 Å². The molecule has 5 aliphatic rings. The van der Waals surface area contributed by atoms with Crippen molar-refractivity contribution in [3.8, 4) is 11.9 Å². The number of Topliss-reactive ketones (excluding diaryl/α,β-unsaturated/α-hetero) is 1. The van der Waals surface area contributed by atoms with Gasteiger partial charge in [-0.05, 0) is 122 Å². The maximum absolute atomic E-state index is 14.8. The molecule has 0 saturated heterocycles. The minimum Gasteiger partial charge on any atom is -0.464 e. The van der Waals surface area contributed by atoms with E-state index in [0.717, 1.165) is 24.8 Å². The van der Waals surface area contributed by atoms with Gasteiger partial charge in [-0.3, -0.25) is 23.8 Å². The first-order valence-electron chi connectivity index (χ1n) is 22.0. The average molecular weight is 873 g/mol. The van der Waals surface area contributed by atoms with Crippen LogP contribution in [0.3, 0.4) is 0 Å². The number of esters is 1. The van der Waals surface area contributed by atoms with Crippen molar-refractivity contribution in [3.63, 3.8) is 0 Å². The van der Waals surface area contributed by atoms with E-state index in [-0.39, 0.29) is 69.9 Å². The minimum atomic E-state index is -4.21. The normalized spacial score (nSPS) is 32.1. The number of benzene rings is 1. The van der Waals surface area contributed by atoms with Crippen LogP contribution in [0.4, 0.5) is 0 Å². The molecular weight excluding hydrogens is 813 g/mol. The molecule has 15 heteroatoms. The van der Waals surface area contributed by atoms with Gasteiger partial charge in [0, 0.05) is 16.7 Å². The van der Waals surface area contributed by atoms with Crippen LogP contribution in [0.15, 0.2) is 68.2 Å². The number of allylic oxidation sites excluding steroid dienone is 4. The van der Waals surface area contributed by atoms with E-state index in [1.807, 2.05) is 26.0 Å². The fourth-order valence-electron chi connectivity index (χ4n) is 12.6. The molecule has 1 N–H and O–H groups in total. The van der Waals surface area contributed by atoms with Gasteiger partial charge < -0.3 is 20.0 Å². The van der Waals surface area contributed by atoms with Crippen LogP contribution in [0.1, 0.15) is 119 Å². The van der Waals surface area contributed by atoms with E-state index in [1.165, 1.54) is 24.3 Å². The number of hydrogen-bond acceptors (Lipinski definition) is 12. The van der Waals surface area contributed by atoms with Crippen molar-refractivity contribution >= 4 is 33.3 Å². The second kappa shape index (κ2) is 16.1. The third-order valence-electron chi connectivity index (χ3n) is 16.1. The number of ketones is 2. The van der Waals surface area contributed by atoms with Crippen LogP contribution in [0, 0.1) is 66.8 Å². The van der Waals surface area contributed by atoms with Crippen molar-refractivity contribution in [2.75, 3.05) is 19.8 Å². The monoisotopic (exact) mass is 872 g/mol. The molecular formula is C47H60N4O10S. The number of nitrogens with one attached hydrogen (secondary N) is 1. The van der Waals surface area contributed by atoms with E-state index in [2.05, 4.69) is 55.8 Å². The van der Waals surface area contributed by atoms with Crippen LogP contribution < -0.4 is 15.0 Å². The number of amides is 1. The fourth-order valence-corrected chi connectivity index (χ4v) is 13.9. The Bertz CT molecular complexity index is 2360. The molecule has 14 nitrogen and oxygen atoms in total. The Kier molecular flexibility index (Phi) is 11.7. The van der Waals surface area contributed by atoms with Crippen LogP contribution in [-0.4, -0.2) is 56.8 Å². The summed E-state index contributed by atoms with van der Waals surface area (Å²) >= 11 is 0. The number of hydrogen-bond donors (Lipinski definition) is 1. The van der Waals surface area contributed by atoms with Gasteiger partial charge in [-0.1, -0.05) is 78.3 Å². The van der Waals surface area contributed by atoms with Crippen LogP contribution in [0.5, 0.6) is 5.88 Å². The highest BCUT2D eigenvalue weighted by atomic mass is 32.2. The number of unbranched alkanes of at least 4 members (excludes halogenated alkanes) is 3. The van der Waals surface area contributed by atoms with E-state index in [0.29, 0.717) is 51.4 Å². The van der Waals surface area contributed by atoms with E-state index in [1.54, 1.807) is 6.07 Å². The molecule has 0 spiro atoms. The van der Waals surface area contributed by atoms with E-state index in [9.17, 15) is 38.1 Å². The lowest BCUT2D eigenvalue weighted by Crippen LogP contribution is -2.66. The van der Waals surface area contributed by atoms with E-state index < -0.39 is 59.7 Å². The van der Waals surface area contributed by atoms with Crippen molar-refractivity contribution in [2.45, 2.75) is 129 Å². The zero-order valence-corrected chi connectivity index (χ0v) is 37.8. The third-order valence-corrected chi connectivity index (χ3v) is 17.8. The number of nitrogens with zero attached hydrogens (tertiary/aromatic N) is 3.